The molecule has 1 aromatic rings. The van der Waals surface area contributed by atoms with Gasteiger partial charge in [0, 0.05) is 0 Å². The lowest BCUT2D eigenvalue weighted by molar-refractivity contribution is 0.286. The van der Waals surface area contributed by atoms with Crippen molar-refractivity contribution in [2.75, 3.05) is 6.61 Å². The molecule has 1 aromatic carbocycles. The van der Waals surface area contributed by atoms with Gasteiger partial charge in [0.15, 0.2) is 6.19 Å². The molecular formula is C13H16ClN3O. The van der Waals surface area contributed by atoms with E-state index < -0.39 is 0 Å². The molecule has 0 radical (unpaired) electrons. The Morgan fingerprint density at radius 2 is 2.28 bits per heavy atom. The van der Waals surface area contributed by atoms with E-state index in [1.165, 1.54) is 0 Å². The number of aliphatic imine (C=N–C) groups is 1. The van der Waals surface area contributed by atoms with Crippen LogP contribution in [0, 0.1) is 11.5 Å². The maximum absolute atomic E-state index is 8.48. The summed E-state index contributed by atoms with van der Waals surface area (Å²) in [6.07, 6.45) is 2.67. The molecule has 96 valence electrons. The van der Waals surface area contributed by atoms with Gasteiger partial charge in [0.1, 0.15) is 18.2 Å². The minimum Gasteiger partial charge on any atom is -0.490 e. The van der Waals surface area contributed by atoms with Crippen LogP contribution < -0.4 is 10.1 Å². The highest BCUT2D eigenvalue weighted by Crippen LogP contribution is 2.23. The molecule has 1 atom stereocenters. The summed E-state index contributed by atoms with van der Waals surface area (Å²) in [6, 6.07) is 7.32. The summed E-state index contributed by atoms with van der Waals surface area (Å²) in [6.45, 7) is 4.20. The lowest BCUT2D eigenvalue weighted by Gasteiger charge is -2.13. The summed E-state index contributed by atoms with van der Waals surface area (Å²) in [5.41, 5.74) is 0. The molecular weight excluding hydrogens is 250 g/mol. The van der Waals surface area contributed by atoms with Crippen LogP contribution in [0.5, 0.6) is 5.75 Å². The fourth-order valence-electron chi connectivity index (χ4n) is 1.38. The van der Waals surface area contributed by atoms with Gasteiger partial charge in [0.25, 0.3) is 0 Å². The van der Waals surface area contributed by atoms with Gasteiger partial charge in [0.2, 0.25) is 0 Å². The van der Waals surface area contributed by atoms with Crippen LogP contribution in [0.15, 0.2) is 29.3 Å². The third-order valence-electron chi connectivity index (χ3n) is 2.35. The molecule has 0 aliphatic heterocycles. The summed E-state index contributed by atoms with van der Waals surface area (Å²) >= 11 is 5.99. The Bertz CT molecular complexity index is 454. The van der Waals surface area contributed by atoms with Crippen molar-refractivity contribution < 1.29 is 4.74 Å². The zero-order valence-electron chi connectivity index (χ0n) is 10.5. The summed E-state index contributed by atoms with van der Waals surface area (Å²) < 4.78 is 5.62. The zero-order chi connectivity index (χ0) is 13.4. The third-order valence-corrected chi connectivity index (χ3v) is 2.66. The smallest absolute Gasteiger partial charge is 0.182 e. The maximum Gasteiger partial charge on any atom is 0.182 e. The van der Waals surface area contributed by atoms with Gasteiger partial charge in [-0.05, 0) is 25.5 Å². The van der Waals surface area contributed by atoms with E-state index in [0.29, 0.717) is 23.2 Å². The van der Waals surface area contributed by atoms with Crippen LogP contribution in [0.4, 0.5) is 0 Å². The van der Waals surface area contributed by atoms with Crippen molar-refractivity contribution in [2.24, 2.45) is 4.99 Å². The number of rotatable bonds is 5. The van der Waals surface area contributed by atoms with E-state index in [1.54, 1.807) is 13.0 Å². The van der Waals surface area contributed by atoms with Crippen molar-refractivity contribution >= 4 is 17.4 Å². The number of amidine groups is 1. The van der Waals surface area contributed by atoms with E-state index in [2.05, 4.69) is 10.3 Å². The first kappa shape index (κ1) is 14.3. The first-order valence-electron chi connectivity index (χ1n) is 5.74. The lowest BCUT2D eigenvalue weighted by Crippen LogP contribution is -2.21. The minimum atomic E-state index is 0.00197. The summed E-state index contributed by atoms with van der Waals surface area (Å²) in [5, 5.41) is 11.6. The van der Waals surface area contributed by atoms with E-state index in [4.69, 9.17) is 21.6 Å². The quantitative estimate of drug-likeness (QED) is 0.385. The Kier molecular flexibility index (Phi) is 6.03. The molecule has 0 saturated heterocycles. The topological polar surface area (TPSA) is 57.4 Å². The predicted octanol–water partition coefficient (Wildman–Crippen LogP) is 2.99. The van der Waals surface area contributed by atoms with Crippen molar-refractivity contribution in [2.45, 2.75) is 26.3 Å². The second kappa shape index (κ2) is 7.57. The fraction of sp³-hybridized carbons (Fsp3) is 0.385. The fourth-order valence-corrected chi connectivity index (χ4v) is 1.57. The number of benzene rings is 1. The van der Waals surface area contributed by atoms with Crippen molar-refractivity contribution in [3.05, 3.63) is 29.3 Å². The first-order valence-corrected chi connectivity index (χ1v) is 6.12. The second-order valence-electron chi connectivity index (χ2n) is 3.75. The summed E-state index contributed by atoms with van der Waals surface area (Å²) in [5.74, 6) is 1.24. The number of hydrogen-bond donors (Lipinski definition) is 1. The SMILES string of the molecule is CC[C@H](COc1ccccc1Cl)N=C(C)NC#N. The molecule has 1 N–H and O–H groups in total. The van der Waals surface area contributed by atoms with E-state index in [1.807, 2.05) is 31.3 Å². The summed E-state index contributed by atoms with van der Waals surface area (Å²) in [7, 11) is 0. The average molecular weight is 266 g/mol. The van der Waals surface area contributed by atoms with Gasteiger partial charge in [-0.2, -0.15) is 5.26 Å². The molecule has 0 aliphatic carbocycles. The highest BCUT2D eigenvalue weighted by molar-refractivity contribution is 6.32. The number of nitriles is 1. The van der Waals surface area contributed by atoms with Crippen molar-refractivity contribution in [1.29, 1.82) is 5.26 Å². The molecule has 0 bridgehead atoms. The molecule has 0 amide bonds. The zero-order valence-corrected chi connectivity index (χ0v) is 11.2. The Labute approximate surface area is 112 Å². The first-order chi connectivity index (χ1) is 8.67. The molecule has 0 fully saturated rings. The van der Waals surface area contributed by atoms with Gasteiger partial charge in [-0.1, -0.05) is 30.7 Å². The highest BCUT2D eigenvalue weighted by atomic mass is 35.5. The van der Waals surface area contributed by atoms with Crippen LogP contribution >= 0.6 is 11.6 Å². The molecule has 0 unspecified atom stereocenters. The Balaban J connectivity index is 2.58. The van der Waals surface area contributed by atoms with Crippen molar-refractivity contribution in [3.63, 3.8) is 0 Å². The molecule has 0 heterocycles. The Hall–Kier alpha value is -1.73. The Morgan fingerprint density at radius 1 is 1.56 bits per heavy atom. The standard InChI is InChI=1S/C13H16ClN3O/c1-3-11(17-10(2)16-9-15)8-18-13-7-5-4-6-12(13)14/h4-7,11H,3,8H2,1-2H3,(H,16,17)/t11-/m1/s1. The molecule has 4 nitrogen and oxygen atoms in total. The largest absolute Gasteiger partial charge is 0.490 e. The maximum atomic E-state index is 8.48. The third kappa shape index (κ3) is 4.64. The number of nitrogens with zero attached hydrogens (tertiary/aromatic N) is 2. The van der Waals surface area contributed by atoms with Crippen LogP contribution in [-0.2, 0) is 0 Å². The van der Waals surface area contributed by atoms with Gasteiger partial charge in [-0.3, -0.25) is 10.3 Å². The number of hydrogen-bond acceptors (Lipinski definition) is 3. The van der Waals surface area contributed by atoms with Gasteiger partial charge >= 0.3 is 0 Å². The molecule has 18 heavy (non-hydrogen) atoms. The van der Waals surface area contributed by atoms with Gasteiger partial charge in [-0.25, -0.2) is 0 Å². The van der Waals surface area contributed by atoms with Crippen LogP contribution in [0.2, 0.25) is 5.02 Å². The number of para-hydroxylation sites is 1. The van der Waals surface area contributed by atoms with Crippen LogP contribution in [-0.4, -0.2) is 18.5 Å². The average Bonchev–Trinajstić information content (AvgIpc) is 2.36. The molecule has 5 heteroatoms. The van der Waals surface area contributed by atoms with E-state index in [-0.39, 0.29) is 6.04 Å². The monoisotopic (exact) mass is 265 g/mol. The van der Waals surface area contributed by atoms with Gasteiger partial charge in [0.05, 0.1) is 11.1 Å². The second-order valence-corrected chi connectivity index (χ2v) is 4.16. The molecule has 0 spiro atoms. The van der Waals surface area contributed by atoms with E-state index in [9.17, 15) is 0 Å². The van der Waals surface area contributed by atoms with E-state index >= 15 is 0 Å². The minimum absolute atomic E-state index is 0.00197. The number of ether oxygens (including phenoxy) is 1. The predicted molar refractivity (Wildman–Crippen MR) is 72.9 cm³/mol. The van der Waals surface area contributed by atoms with Crippen molar-refractivity contribution in [3.8, 4) is 11.9 Å². The van der Waals surface area contributed by atoms with Gasteiger partial charge < -0.3 is 4.74 Å². The highest BCUT2D eigenvalue weighted by Gasteiger charge is 2.07. The number of nitrogens with one attached hydrogen (secondary N) is 1. The number of halogens is 1. The van der Waals surface area contributed by atoms with Crippen LogP contribution in [0.3, 0.4) is 0 Å². The van der Waals surface area contributed by atoms with E-state index in [0.717, 1.165) is 6.42 Å². The van der Waals surface area contributed by atoms with Crippen LogP contribution in [0.1, 0.15) is 20.3 Å². The van der Waals surface area contributed by atoms with Crippen molar-refractivity contribution in [1.82, 2.24) is 5.32 Å². The Morgan fingerprint density at radius 3 is 2.89 bits per heavy atom. The normalized spacial score (nSPS) is 12.7. The summed E-state index contributed by atoms with van der Waals surface area (Å²) in [4.78, 5) is 4.34. The molecule has 0 saturated carbocycles. The lowest BCUT2D eigenvalue weighted by atomic mass is 10.2. The molecule has 0 aromatic heterocycles. The molecule has 1 rings (SSSR count). The van der Waals surface area contributed by atoms with Gasteiger partial charge in [-0.15, -0.1) is 0 Å². The molecule has 0 aliphatic rings. The van der Waals surface area contributed by atoms with Crippen LogP contribution in [0.25, 0.3) is 0 Å².